The molecule has 1 atom stereocenters. The summed E-state index contributed by atoms with van der Waals surface area (Å²) >= 11 is 12.4. The Morgan fingerprint density at radius 1 is 1.08 bits per heavy atom. The number of anilines is 2. The number of ether oxygens (including phenoxy) is 1. The summed E-state index contributed by atoms with van der Waals surface area (Å²) in [6.07, 6.45) is 1.07. The number of nitrogen functional groups attached to an aromatic ring is 1. The van der Waals surface area contributed by atoms with Crippen molar-refractivity contribution in [3.63, 3.8) is 0 Å². The van der Waals surface area contributed by atoms with Crippen LogP contribution in [-0.2, 0) is 21.7 Å². The molecule has 1 unspecified atom stereocenters. The molecular weight excluding hydrogens is 542 g/mol. The second-order valence-corrected chi connectivity index (χ2v) is 10.8. The molecule has 2 amide bonds. The number of carbonyl (C=O) groups excluding carboxylic acids is 2. The van der Waals surface area contributed by atoms with E-state index in [2.05, 4.69) is 15.5 Å². The van der Waals surface area contributed by atoms with Gasteiger partial charge in [0.25, 0.3) is 0 Å². The number of nitrogens with zero attached hydrogens (tertiary/aromatic N) is 1. The average Bonchev–Trinajstić information content (AvgIpc) is 2.92. The first-order chi connectivity index (χ1) is 18.7. The lowest BCUT2D eigenvalue weighted by Gasteiger charge is -2.44. The van der Waals surface area contributed by atoms with Gasteiger partial charge in [0, 0.05) is 43.7 Å². The van der Waals surface area contributed by atoms with Crippen LogP contribution in [0, 0.1) is 5.82 Å². The Hall–Kier alpha value is -3.33. The zero-order valence-electron chi connectivity index (χ0n) is 21.2. The molecule has 1 spiro atoms. The third-order valence-electron chi connectivity index (χ3n) is 7.50. The fourth-order valence-corrected chi connectivity index (χ4v) is 5.62. The number of hydrogen-bond acceptors (Lipinski definition) is 5. The van der Waals surface area contributed by atoms with Crippen molar-refractivity contribution in [3.05, 3.63) is 93.2 Å². The molecule has 7 nitrogen and oxygen atoms in total. The summed E-state index contributed by atoms with van der Waals surface area (Å²) in [7, 11) is 0. The van der Waals surface area contributed by atoms with Crippen LogP contribution in [0.2, 0.25) is 10.0 Å². The number of amides is 2. The predicted molar refractivity (Wildman–Crippen MR) is 150 cm³/mol. The number of likely N-dealkylation sites (tertiary alicyclic amines) is 1. The normalized spacial score (nSPS) is 17.2. The van der Waals surface area contributed by atoms with Crippen molar-refractivity contribution >= 4 is 46.6 Å². The highest BCUT2D eigenvalue weighted by molar-refractivity contribution is 6.42. The van der Waals surface area contributed by atoms with E-state index < -0.39 is 17.6 Å². The maximum Gasteiger partial charge on any atom is 0.412 e. The molecule has 0 bridgehead atoms. The van der Waals surface area contributed by atoms with Crippen molar-refractivity contribution in [2.75, 3.05) is 30.7 Å². The summed E-state index contributed by atoms with van der Waals surface area (Å²) in [5.41, 5.74) is 8.54. The highest BCUT2D eigenvalue weighted by atomic mass is 35.5. The molecule has 2 aliphatic rings. The Balaban J connectivity index is 1.26. The lowest BCUT2D eigenvalue weighted by atomic mass is 9.82. The third-order valence-corrected chi connectivity index (χ3v) is 8.24. The van der Waals surface area contributed by atoms with Gasteiger partial charge >= 0.3 is 6.09 Å². The Labute approximate surface area is 236 Å². The quantitative estimate of drug-likeness (QED) is 0.300. The highest BCUT2D eigenvalue weighted by Gasteiger charge is 2.44. The van der Waals surface area contributed by atoms with Gasteiger partial charge < -0.3 is 20.7 Å². The fourth-order valence-electron chi connectivity index (χ4n) is 5.32. The van der Waals surface area contributed by atoms with E-state index in [0.29, 0.717) is 72.4 Å². The van der Waals surface area contributed by atoms with Gasteiger partial charge in [0.15, 0.2) is 0 Å². The highest BCUT2D eigenvalue weighted by Crippen LogP contribution is 2.44. The lowest BCUT2D eigenvalue weighted by Crippen LogP contribution is -2.48. The molecule has 39 heavy (non-hydrogen) atoms. The van der Waals surface area contributed by atoms with Crippen LogP contribution >= 0.6 is 23.2 Å². The van der Waals surface area contributed by atoms with Crippen LogP contribution in [0.1, 0.15) is 41.9 Å². The molecule has 2 heterocycles. The van der Waals surface area contributed by atoms with Gasteiger partial charge in [0.2, 0.25) is 5.91 Å². The Kier molecular flexibility index (Phi) is 7.98. The van der Waals surface area contributed by atoms with Crippen LogP contribution in [0.4, 0.5) is 20.6 Å². The minimum absolute atomic E-state index is 0.115. The molecule has 204 valence electrons. The van der Waals surface area contributed by atoms with Crippen LogP contribution in [0.5, 0.6) is 0 Å². The third kappa shape index (κ3) is 6.13. The van der Waals surface area contributed by atoms with Gasteiger partial charge in [-0.2, -0.15) is 0 Å². The van der Waals surface area contributed by atoms with Gasteiger partial charge in [-0.1, -0.05) is 41.4 Å². The van der Waals surface area contributed by atoms with Crippen LogP contribution < -0.4 is 16.4 Å². The van der Waals surface area contributed by atoms with Gasteiger partial charge in [-0.05, 0) is 66.6 Å². The maximum absolute atomic E-state index is 14.1. The number of piperidine rings is 1. The van der Waals surface area contributed by atoms with E-state index in [4.69, 9.17) is 33.7 Å². The second-order valence-electron chi connectivity index (χ2n) is 10.0. The van der Waals surface area contributed by atoms with Crippen molar-refractivity contribution in [1.29, 1.82) is 0 Å². The largest absolute Gasteiger partial charge is 0.438 e. The van der Waals surface area contributed by atoms with E-state index in [1.54, 1.807) is 30.3 Å². The van der Waals surface area contributed by atoms with Crippen LogP contribution in [0.15, 0.2) is 60.7 Å². The second kappa shape index (κ2) is 11.4. The van der Waals surface area contributed by atoms with Gasteiger partial charge in [-0.15, -0.1) is 0 Å². The Morgan fingerprint density at radius 3 is 2.54 bits per heavy atom. The van der Waals surface area contributed by atoms with E-state index >= 15 is 0 Å². The molecule has 0 radical (unpaired) electrons. The molecule has 2 aliphatic heterocycles. The van der Waals surface area contributed by atoms with Gasteiger partial charge in [0.1, 0.15) is 11.4 Å². The van der Waals surface area contributed by atoms with Gasteiger partial charge in [0.05, 0.1) is 21.7 Å². The lowest BCUT2D eigenvalue weighted by molar-refractivity contribution is -0.123. The topological polar surface area (TPSA) is 96.7 Å². The van der Waals surface area contributed by atoms with Crippen molar-refractivity contribution in [2.24, 2.45) is 0 Å². The molecule has 3 aromatic carbocycles. The first-order valence-corrected chi connectivity index (χ1v) is 13.6. The van der Waals surface area contributed by atoms with E-state index in [0.717, 1.165) is 11.1 Å². The summed E-state index contributed by atoms with van der Waals surface area (Å²) in [4.78, 5) is 27.8. The number of halogens is 3. The van der Waals surface area contributed by atoms with E-state index in [1.165, 1.54) is 12.1 Å². The first-order valence-electron chi connectivity index (χ1n) is 12.8. The predicted octanol–water partition coefficient (Wildman–Crippen LogP) is 6.06. The zero-order chi connectivity index (χ0) is 27.6. The fraction of sp³-hybridized carbons (Fsp3) is 0.310. The van der Waals surface area contributed by atoms with E-state index in [1.807, 2.05) is 18.2 Å². The number of carbonyl (C=O) groups is 2. The van der Waals surface area contributed by atoms with Crippen molar-refractivity contribution in [2.45, 2.75) is 37.3 Å². The van der Waals surface area contributed by atoms with Crippen LogP contribution in [-0.4, -0.2) is 36.5 Å². The Bertz CT molecular complexity index is 1380. The van der Waals surface area contributed by atoms with Crippen LogP contribution in [0.3, 0.4) is 0 Å². The first kappa shape index (κ1) is 27.2. The van der Waals surface area contributed by atoms with Crippen LogP contribution in [0.25, 0.3) is 0 Å². The maximum atomic E-state index is 14.1. The summed E-state index contributed by atoms with van der Waals surface area (Å²) in [6, 6.07) is 17.0. The van der Waals surface area contributed by atoms with Gasteiger partial charge in [-0.3, -0.25) is 10.1 Å². The molecule has 0 aromatic heterocycles. The minimum atomic E-state index is -0.865. The average molecular weight is 571 g/mol. The number of rotatable bonds is 7. The Morgan fingerprint density at radius 2 is 1.82 bits per heavy atom. The molecule has 0 saturated carbocycles. The molecule has 0 aliphatic carbocycles. The molecule has 3 aromatic rings. The molecule has 10 heteroatoms. The number of fused-ring (bicyclic) bond motifs is 2. The van der Waals surface area contributed by atoms with Crippen molar-refractivity contribution in [1.82, 2.24) is 10.2 Å². The zero-order valence-corrected chi connectivity index (χ0v) is 22.7. The van der Waals surface area contributed by atoms with E-state index in [9.17, 15) is 14.0 Å². The molecular formula is C29H29Cl2FN4O3. The standard InChI is InChI=1S/C29H29Cl2FN4O3/c30-24-7-3-19(15-25(24)31)22(27(37)34-17-18-1-5-21(33)6-2-18)9-12-36-13-10-29(11-14-36)23-16-20(32)4-8-26(23)35-28(38)39-29/h1-8,15-16,22H,9-14,17,33H2,(H,34,37)(H,35,38). The number of nitrogens with one attached hydrogen (secondary N) is 2. The molecule has 4 N–H and O–H groups in total. The van der Waals surface area contributed by atoms with E-state index in [-0.39, 0.29) is 11.7 Å². The summed E-state index contributed by atoms with van der Waals surface area (Å²) in [5, 5.41) is 6.51. The number of hydrogen-bond donors (Lipinski definition) is 3. The van der Waals surface area contributed by atoms with Crippen molar-refractivity contribution < 1.29 is 18.7 Å². The molecule has 5 rings (SSSR count). The van der Waals surface area contributed by atoms with Gasteiger partial charge in [-0.25, -0.2) is 9.18 Å². The van der Waals surface area contributed by atoms with Crippen molar-refractivity contribution in [3.8, 4) is 0 Å². The smallest absolute Gasteiger partial charge is 0.412 e. The SMILES string of the molecule is Nc1ccc(CNC(=O)C(CCN2CCC3(CC2)OC(=O)Nc2ccc(F)cc23)c2ccc(Cl)c(Cl)c2)cc1. The molecule has 1 fully saturated rings. The summed E-state index contributed by atoms with van der Waals surface area (Å²) < 4.78 is 19.8. The number of nitrogens with two attached hydrogens (primary N) is 1. The number of benzene rings is 3. The summed E-state index contributed by atoms with van der Waals surface area (Å²) in [6.45, 7) is 2.27. The molecule has 1 saturated heterocycles. The monoisotopic (exact) mass is 570 g/mol. The minimum Gasteiger partial charge on any atom is -0.438 e. The summed E-state index contributed by atoms with van der Waals surface area (Å²) in [5.74, 6) is -0.934.